The molecule has 0 fully saturated rings. The third-order valence-electron chi connectivity index (χ3n) is 3.70. The molecule has 0 atom stereocenters. The molecule has 9 heteroatoms. The number of nitrogens with two attached hydrogens (primary N) is 1. The van der Waals surface area contributed by atoms with E-state index in [9.17, 15) is 4.79 Å². The zero-order valence-electron chi connectivity index (χ0n) is 12.4. The van der Waals surface area contributed by atoms with Crippen molar-refractivity contribution in [1.82, 2.24) is 29.4 Å². The highest BCUT2D eigenvalue weighted by molar-refractivity contribution is 5.95. The molecule has 1 amide bonds. The second kappa shape index (κ2) is 4.65. The van der Waals surface area contributed by atoms with Gasteiger partial charge in [0.1, 0.15) is 0 Å². The molecule has 0 saturated carbocycles. The van der Waals surface area contributed by atoms with Gasteiger partial charge in [-0.1, -0.05) is 12.1 Å². The highest BCUT2D eigenvalue weighted by Crippen LogP contribution is 2.25. The van der Waals surface area contributed by atoms with Gasteiger partial charge in [0, 0.05) is 5.39 Å². The van der Waals surface area contributed by atoms with Crippen LogP contribution in [0.4, 0.5) is 0 Å². The highest BCUT2D eigenvalue weighted by atomic mass is 16.5. The number of benzene rings is 1. The summed E-state index contributed by atoms with van der Waals surface area (Å²) >= 11 is 0. The Morgan fingerprint density at radius 1 is 1.30 bits per heavy atom. The Morgan fingerprint density at radius 2 is 2.09 bits per heavy atom. The summed E-state index contributed by atoms with van der Waals surface area (Å²) in [6.07, 6.45) is 0. The van der Waals surface area contributed by atoms with E-state index in [1.165, 1.54) is 11.6 Å². The van der Waals surface area contributed by atoms with E-state index in [0.29, 0.717) is 23.1 Å². The average Bonchev–Trinajstić information content (AvgIpc) is 3.08. The third kappa shape index (κ3) is 1.70. The van der Waals surface area contributed by atoms with Crippen LogP contribution in [0, 0.1) is 6.92 Å². The van der Waals surface area contributed by atoms with Crippen LogP contribution >= 0.6 is 0 Å². The Labute approximate surface area is 129 Å². The van der Waals surface area contributed by atoms with Crippen LogP contribution in [0.3, 0.4) is 0 Å². The molecule has 116 valence electrons. The van der Waals surface area contributed by atoms with Crippen molar-refractivity contribution < 1.29 is 9.53 Å². The maximum Gasteiger partial charge on any atom is 0.305 e. The predicted octanol–water partition coefficient (Wildman–Crippen LogP) is 0.451. The molecule has 0 unspecified atom stereocenters. The summed E-state index contributed by atoms with van der Waals surface area (Å²) in [5.41, 5.74) is 4.24. The Balaban J connectivity index is 2.23. The fourth-order valence-corrected chi connectivity index (χ4v) is 2.71. The maximum absolute atomic E-state index is 12.0. The van der Waals surface area contributed by atoms with Gasteiger partial charge in [-0.15, -0.1) is 5.10 Å². The largest absolute Gasteiger partial charge is 0.468 e. The Kier molecular flexibility index (Phi) is 2.72. The fourth-order valence-electron chi connectivity index (χ4n) is 2.71. The normalized spacial score (nSPS) is 11.4. The lowest BCUT2D eigenvalue weighted by atomic mass is 10.2. The molecule has 0 spiro atoms. The van der Waals surface area contributed by atoms with Gasteiger partial charge in [0.2, 0.25) is 5.78 Å². The summed E-state index contributed by atoms with van der Waals surface area (Å²) in [7, 11) is 1.52. The topological polar surface area (TPSA) is 112 Å². The SMILES string of the molecule is COc1nc2ccccc2c2nn3c(C(=O)NN)c(C)nc3n12. The summed E-state index contributed by atoms with van der Waals surface area (Å²) in [5.74, 6) is 5.22. The Morgan fingerprint density at radius 3 is 2.83 bits per heavy atom. The molecule has 0 saturated heterocycles. The summed E-state index contributed by atoms with van der Waals surface area (Å²) in [6, 6.07) is 7.89. The zero-order valence-corrected chi connectivity index (χ0v) is 12.4. The van der Waals surface area contributed by atoms with Crippen LogP contribution < -0.4 is 16.0 Å². The van der Waals surface area contributed by atoms with Crippen LogP contribution in [0.25, 0.3) is 22.3 Å². The Hall–Kier alpha value is -3.20. The molecule has 9 nitrogen and oxygen atoms in total. The van der Waals surface area contributed by atoms with Crippen molar-refractivity contribution in [2.75, 3.05) is 7.11 Å². The lowest BCUT2D eigenvalue weighted by molar-refractivity contribution is 0.0946. The first-order valence-corrected chi connectivity index (χ1v) is 6.87. The number of carbonyl (C=O) groups excluding carboxylic acids is 1. The molecule has 3 N–H and O–H groups in total. The van der Waals surface area contributed by atoms with E-state index >= 15 is 0 Å². The van der Waals surface area contributed by atoms with Gasteiger partial charge in [0.15, 0.2) is 11.3 Å². The van der Waals surface area contributed by atoms with Crippen molar-refractivity contribution in [3.05, 3.63) is 35.7 Å². The number of rotatable bonds is 2. The first kappa shape index (κ1) is 13.5. The minimum Gasteiger partial charge on any atom is -0.468 e. The molecule has 0 radical (unpaired) electrons. The smallest absolute Gasteiger partial charge is 0.305 e. The molecule has 0 aliphatic heterocycles. The number of amides is 1. The zero-order chi connectivity index (χ0) is 16.1. The van der Waals surface area contributed by atoms with Gasteiger partial charge in [-0.2, -0.15) is 9.50 Å². The number of imidazole rings is 1. The second-order valence-corrected chi connectivity index (χ2v) is 5.01. The number of methoxy groups -OCH3 is 1. The lowest BCUT2D eigenvalue weighted by Crippen LogP contribution is -2.31. The van der Waals surface area contributed by atoms with Crippen LogP contribution in [0.1, 0.15) is 16.2 Å². The number of nitrogen functional groups attached to an aromatic ring is 1. The number of nitrogens with one attached hydrogen (secondary N) is 1. The van der Waals surface area contributed by atoms with Crippen molar-refractivity contribution in [2.24, 2.45) is 5.84 Å². The molecule has 4 rings (SSSR count). The number of hydrazine groups is 1. The van der Waals surface area contributed by atoms with Crippen LogP contribution in [0.5, 0.6) is 6.01 Å². The van der Waals surface area contributed by atoms with E-state index in [1.54, 1.807) is 11.3 Å². The molecule has 0 aliphatic carbocycles. The van der Waals surface area contributed by atoms with Gasteiger partial charge in [-0.25, -0.2) is 15.2 Å². The van der Waals surface area contributed by atoms with Gasteiger partial charge in [0.25, 0.3) is 5.91 Å². The summed E-state index contributed by atoms with van der Waals surface area (Å²) in [4.78, 5) is 20.9. The van der Waals surface area contributed by atoms with Crippen molar-refractivity contribution >= 4 is 28.2 Å². The van der Waals surface area contributed by atoms with E-state index in [4.69, 9.17) is 10.6 Å². The van der Waals surface area contributed by atoms with Gasteiger partial charge in [-0.3, -0.25) is 10.2 Å². The summed E-state index contributed by atoms with van der Waals surface area (Å²) in [5, 5.41) is 5.35. The third-order valence-corrected chi connectivity index (χ3v) is 3.70. The van der Waals surface area contributed by atoms with Crippen molar-refractivity contribution in [1.29, 1.82) is 0 Å². The molecule has 23 heavy (non-hydrogen) atoms. The fraction of sp³-hybridized carbons (Fsp3) is 0.143. The predicted molar refractivity (Wildman–Crippen MR) is 82.2 cm³/mol. The van der Waals surface area contributed by atoms with Crippen molar-refractivity contribution in [3.63, 3.8) is 0 Å². The number of hydrogen-bond acceptors (Lipinski definition) is 6. The molecular formula is C14H13N7O2. The summed E-state index contributed by atoms with van der Waals surface area (Å²) < 4.78 is 8.49. The van der Waals surface area contributed by atoms with E-state index in [-0.39, 0.29) is 5.69 Å². The van der Waals surface area contributed by atoms with Gasteiger partial charge < -0.3 is 4.74 Å². The highest BCUT2D eigenvalue weighted by Gasteiger charge is 2.23. The molecule has 3 aromatic heterocycles. The minimum absolute atomic E-state index is 0.275. The molecular weight excluding hydrogens is 298 g/mol. The van der Waals surface area contributed by atoms with Gasteiger partial charge in [-0.05, 0) is 19.1 Å². The van der Waals surface area contributed by atoms with Gasteiger partial charge in [0.05, 0.1) is 18.3 Å². The van der Waals surface area contributed by atoms with Crippen LogP contribution in [-0.4, -0.2) is 37.0 Å². The monoisotopic (exact) mass is 311 g/mol. The van der Waals surface area contributed by atoms with E-state index in [2.05, 4.69) is 20.5 Å². The van der Waals surface area contributed by atoms with Crippen LogP contribution in [0.2, 0.25) is 0 Å². The van der Waals surface area contributed by atoms with E-state index in [1.807, 2.05) is 24.3 Å². The number of ether oxygens (including phenoxy) is 1. The van der Waals surface area contributed by atoms with Gasteiger partial charge >= 0.3 is 6.01 Å². The van der Waals surface area contributed by atoms with E-state index in [0.717, 1.165) is 10.9 Å². The molecule has 1 aromatic carbocycles. The number of aryl methyl sites for hydroxylation is 1. The lowest BCUT2D eigenvalue weighted by Gasteiger charge is -2.04. The average molecular weight is 311 g/mol. The molecule has 0 bridgehead atoms. The quantitative estimate of drug-likeness (QED) is 0.316. The first-order valence-electron chi connectivity index (χ1n) is 6.87. The maximum atomic E-state index is 12.0. The minimum atomic E-state index is -0.463. The molecule has 0 aliphatic rings. The van der Waals surface area contributed by atoms with Crippen LogP contribution in [-0.2, 0) is 0 Å². The standard InChI is InChI=1S/C14H13N7O2/c1-7-10(12(22)18-15)21-13(16-7)20-11(19-21)8-5-3-4-6-9(8)17-14(20)23-2/h3-6H,15H2,1-2H3,(H,18,22). The number of carbonyl (C=O) groups is 1. The summed E-state index contributed by atoms with van der Waals surface area (Å²) in [6.45, 7) is 1.71. The number of nitrogens with zero attached hydrogens (tertiary/aromatic N) is 5. The van der Waals surface area contributed by atoms with Crippen molar-refractivity contribution in [3.8, 4) is 6.01 Å². The second-order valence-electron chi connectivity index (χ2n) is 5.01. The Bertz CT molecular complexity index is 1080. The molecule has 3 heterocycles. The number of fused-ring (bicyclic) bond motifs is 5. The van der Waals surface area contributed by atoms with E-state index < -0.39 is 5.91 Å². The first-order chi connectivity index (χ1) is 11.2. The number of para-hydroxylation sites is 1. The number of aromatic nitrogens is 5. The van der Waals surface area contributed by atoms with Crippen molar-refractivity contribution in [2.45, 2.75) is 6.92 Å². The molecule has 4 aromatic rings. The van der Waals surface area contributed by atoms with Crippen LogP contribution in [0.15, 0.2) is 24.3 Å². The number of hydrogen-bond donors (Lipinski definition) is 2.